The van der Waals surface area contributed by atoms with E-state index in [2.05, 4.69) is 0 Å². The molecule has 1 aliphatic rings. The number of imide groups is 1. The minimum Gasteiger partial charge on any atom is -0.463 e. The largest absolute Gasteiger partial charge is 0.463 e. The van der Waals surface area contributed by atoms with Crippen LogP contribution in [0, 0.1) is 0 Å². The Morgan fingerprint density at radius 1 is 1.29 bits per heavy atom. The average Bonchev–Trinajstić information content (AvgIpc) is 2.77. The predicted molar refractivity (Wildman–Crippen MR) is 93.6 cm³/mol. The Bertz CT molecular complexity index is 673. The van der Waals surface area contributed by atoms with E-state index in [1.807, 2.05) is 19.0 Å². The number of thioether (sulfide) groups is 1. The molecule has 0 aliphatic carbocycles. The lowest BCUT2D eigenvalue weighted by Crippen LogP contribution is -2.35. The molecule has 1 saturated heterocycles. The Morgan fingerprint density at radius 3 is 2.58 bits per heavy atom. The molecule has 0 saturated carbocycles. The quantitative estimate of drug-likeness (QED) is 0.567. The zero-order valence-corrected chi connectivity index (χ0v) is 14.9. The van der Waals surface area contributed by atoms with Crippen molar-refractivity contribution in [3.63, 3.8) is 0 Å². The van der Waals surface area contributed by atoms with E-state index in [1.54, 1.807) is 30.3 Å². The summed E-state index contributed by atoms with van der Waals surface area (Å²) in [6, 6.07) is 6.87. The molecule has 0 aromatic heterocycles. The predicted octanol–water partition coefficient (Wildman–Crippen LogP) is 2.48. The molecule has 0 atom stereocenters. The molecule has 0 unspecified atom stereocenters. The molecule has 6 nitrogen and oxygen atoms in total. The summed E-state index contributed by atoms with van der Waals surface area (Å²) in [6.07, 6.45) is 1.60. The van der Waals surface area contributed by atoms with Gasteiger partial charge in [-0.25, -0.2) is 0 Å². The molecule has 128 valence electrons. The van der Waals surface area contributed by atoms with E-state index in [0.29, 0.717) is 11.6 Å². The van der Waals surface area contributed by atoms with Crippen LogP contribution in [0.15, 0.2) is 29.2 Å². The van der Waals surface area contributed by atoms with E-state index in [4.69, 9.17) is 16.3 Å². The maximum Gasteiger partial charge on any atom is 0.326 e. The van der Waals surface area contributed by atoms with E-state index in [1.165, 1.54) is 0 Å². The molecule has 1 aromatic rings. The van der Waals surface area contributed by atoms with Gasteiger partial charge in [0.25, 0.3) is 11.1 Å². The van der Waals surface area contributed by atoms with Crippen molar-refractivity contribution in [2.75, 3.05) is 33.8 Å². The summed E-state index contributed by atoms with van der Waals surface area (Å²) in [5.41, 5.74) is 0.749. The number of esters is 1. The molecular formula is C16H17ClN2O4S. The summed E-state index contributed by atoms with van der Waals surface area (Å²) in [4.78, 5) is 39.0. The van der Waals surface area contributed by atoms with Crippen molar-refractivity contribution < 1.29 is 19.1 Å². The molecule has 1 aliphatic heterocycles. The van der Waals surface area contributed by atoms with Crippen molar-refractivity contribution in [1.29, 1.82) is 0 Å². The number of benzene rings is 1. The van der Waals surface area contributed by atoms with Crippen LogP contribution in [0.25, 0.3) is 6.08 Å². The van der Waals surface area contributed by atoms with E-state index >= 15 is 0 Å². The van der Waals surface area contributed by atoms with Crippen LogP contribution in [0.1, 0.15) is 5.56 Å². The second-order valence-corrected chi connectivity index (χ2v) is 6.77. The number of ether oxygens (including phenoxy) is 1. The van der Waals surface area contributed by atoms with Crippen molar-refractivity contribution in [2.45, 2.75) is 0 Å². The Balaban J connectivity index is 1.98. The third-order valence-corrected chi connectivity index (χ3v) is 4.29. The summed E-state index contributed by atoms with van der Waals surface area (Å²) in [7, 11) is 3.71. The van der Waals surface area contributed by atoms with Gasteiger partial charge in [-0.1, -0.05) is 23.7 Å². The van der Waals surface area contributed by atoms with Crippen molar-refractivity contribution in [3.05, 3.63) is 39.8 Å². The molecule has 0 bridgehead atoms. The third-order valence-electron chi connectivity index (χ3n) is 3.13. The maximum atomic E-state index is 12.3. The van der Waals surface area contributed by atoms with Crippen LogP contribution >= 0.6 is 23.4 Å². The summed E-state index contributed by atoms with van der Waals surface area (Å²) in [6.45, 7) is 0.406. The van der Waals surface area contributed by atoms with Gasteiger partial charge >= 0.3 is 5.97 Å². The molecule has 2 rings (SSSR count). The van der Waals surface area contributed by atoms with Crippen molar-refractivity contribution >= 4 is 46.6 Å². The lowest BCUT2D eigenvalue weighted by Gasteiger charge is -2.13. The van der Waals surface area contributed by atoms with Crippen LogP contribution < -0.4 is 0 Å². The maximum absolute atomic E-state index is 12.3. The summed E-state index contributed by atoms with van der Waals surface area (Å²) < 4.78 is 5.01. The molecule has 0 radical (unpaired) electrons. The van der Waals surface area contributed by atoms with Crippen LogP contribution in [0.3, 0.4) is 0 Å². The fraction of sp³-hybridized carbons (Fsp3) is 0.312. The molecule has 1 fully saturated rings. The fourth-order valence-corrected chi connectivity index (χ4v) is 2.83. The van der Waals surface area contributed by atoms with E-state index in [0.717, 1.165) is 22.2 Å². The molecule has 2 amide bonds. The highest BCUT2D eigenvalue weighted by molar-refractivity contribution is 8.18. The Hall–Kier alpha value is -1.83. The van der Waals surface area contributed by atoms with Gasteiger partial charge in [-0.05, 0) is 49.6 Å². The Kier molecular flexibility index (Phi) is 6.42. The smallest absolute Gasteiger partial charge is 0.326 e. The van der Waals surface area contributed by atoms with Gasteiger partial charge in [0.1, 0.15) is 13.2 Å². The Labute approximate surface area is 149 Å². The zero-order chi connectivity index (χ0) is 17.7. The lowest BCUT2D eigenvalue weighted by atomic mass is 10.2. The molecule has 24 heavy (non-hydrogen) atoms. The molecule has 1 heterocycles. The first kappa shape index (κ1) is 18.5. The van der Waals surface area contributed by atoms with Gasteiger partial charge in [-0.15, -0.1) is 0 Å². The van der Waals surface area contributed by atoms with Gasteiger partial charge in [0.05, 0.1) is 4.91 Å². The van der Waals surface area contributed by atoms with Gasteiger partial charge < -0.3 is 9.64 Å². The van der Waals surface area contributed by atoms with Crippen LogP contribution in [-0.2, 0) is 14.3 Å². The highest BCUT2D eigenvalue weighted by atomic mass is 35.5. The number of rotatable bonds is 6. The number of amides is 2. The molecule has 0 spiro atoms. The van der Waals surface area contributed by atoms with Crippen LogP contribution in [0.5, 0.6) is 0 Å². The summed E-state index contributed by atoms with van der Waals surface area (Å²) in [5.74, 6) is -1.10. The standard InChI is InChI=1S/C16H17ClN2O4S/c1-18(2)7-8-23-14(20)10-19-15(21)13(24-16(19)22)9-11-3-5-12(17)6-4-11/h3-6,9H,7-8,10H2,1-2H3/b13-9-. The zero-order valence-electron chi connectivity index (χ0n) is 13.3. The van der Waals surface area contributed by atoms with Crippen molar-refractivity contribution in [2.24, 2.45) is 0 Å². The van der Waals surface area contributed by atoms with Crippen LogP contribution in [0.4, 0.5) is 4.79 Å². The minimum atomic E-state index is -0.605. The van der Waals surface area contributed by atoms with E-state index < -0.39 is 17.1 Å². The first-order chi connectivity index (χ1) is 11.4. The summed E-state index contributed by atoms with van der Waals surface area (Å²) >= 11 is 6.61. The number of likely N-dealkylation sites (N-methyl/N-ethyl adjacent to an activating group) is 1. The molecular weight excluding hydrogens is 352 g/mol. The molecule has 0 N–H and O–H groups in total. The first-order valence-corrected chi connectivity index (χ1v) is 8.37. The Morgan fingerprint density at radius 2 is 1.96 bits per heavy atom. The highest BCUT2D eigenvalue weighted by Crippen LogP contribution is 2.32. The highest BCUT2D eigenvalue weighted by Gasteiger charge is 2.36. The number of carbonyl (C=O) groups excluding carboxylic acids is 3. The van der Waals surface area contributed by atoms with Gasteiger partial charge in [0.2, 0.25) is 0 Å². The van der Waals surface area contributed by atoms with Crippen molar-refractivity contribution in [1.82, 2.24) is 9.80 Å². The normalized spacial score (nSPS) is 16.3. The summed E-state index contributed by atoms with van der Waals surface area (Å²) in [5, 5.41) is 0.102. The first-order valence-electron chi connectivity index (χ1n) is 7.18. The average molecular weight is 369 g/mol. The monoisotopic (exact) mass is 368 g/mol. The van der Waals surface area contributed by atoms with E-state index in [9.17, 15) is 14.4 Å². The SMILES string of the molecule is CN(C)CCOC(=O)CN1C(=O)S/C(=C\c2ccc(Cl)cc2)C1=O. The van der Waals surface area contributed by atoms with Gasteiger partial charge in [0, 0.05) is 11.6 Å². The molecule has 8 heteroatoms. The number of nitrogens with zero attached hydrogens (tertiary/aromatic N) is 2. The van der Waals surface area contributed by atoms with Crippen molar-refractivity contribution in [3.8, 4) is 0 Å². The topological polar surface area (TPSA) is 66.9 Å². The second kappa shape index (κ2) is 8.32. The lowest BCUT2D eigenvalue weighted by molar-refractivity contribution is -0.146. The third kappa shape index (κ3) is 5.09. The number of hydrogen-bond donors (Lipinski definition) is 0. The molecule has 1 aromatic carbocycles. The number of halogens is 1. The second-order valence-electron chi connectivity index (χ2n) is 5.34. The minimum absolute atomic E-state index is 0.211. The van der Waals surface area contributed by atoms with Gasteiger partial charge in [-0.2, -0.15) is 0 Å². The fourth-order valence-electron chi connectivity index (χ4n) is 1.86. The number of hydrogen-bond acceptors (Lipinski definition) is 6. The van der Waals surface area contributed by atoms with Gasteiger partial charge in [0.15, 0.2) is 0 Å². The van der Waals surface area contributed by atoms with Crippen LogP contribution in [-0.4, -0.2) is 60.7 Å². The van der Waals surface area contributed by atoms with Crippen LogP contribution in [0.2, 0.25) is 5.02 Å². The van der Waals surface area contributed by atoms with Gasteiger partial charge in [-0.3, -0.25) is 19.3 Å². The number of carbonyl (C=O) groups is 3. The van der Waals surface area contributed by atoms with E-state index in [-0.39, 0.29) is 18.1 Å².